The van der Waals surface area contributed by atoms with Crippen LogP contribution in [-0.2, 0) is 9.53 Å². The van der Waals surface area contributed by atoms with Gasteiger partial charge in [0, 0.05) is 5.70 Å². The Bertz CT molecular complexity index is 416. The fourth-order valence-electron chi connectivity index (χ4n) is 2.36. The molecule has 1 atom stereocenters. The summed E-state index contributed by atoms with van der Waals surface area (Å²) in [6.07, 6.45) is 7.92. The zero-order valence-corrected chi connectivity index (χ0v) is 12.1. The van der Waals surface area contributed by atoms with Crippen molar-refractivity contribution in [1.29, 1.82) is 0 Å². The van der Waals surface area contributed by atoms with E-state index in [1.165, 1.54) is 7.11 Å². The van der Waals surface area contributed by atoms with Gasteiger partial charge in [0.05, 0.1) is 13.5 Å². The number of ether oxygens (including phenoxy) is 1. The first-order valence-electron chi connectivity index (χ1n) is 6.83. The van der Waals surface area contributed by atoms with E-state index in [1.54, 1.807) is 0 Å². The third-order valence-corrected chi connectivity index (χ3v) is 3.34. The lowest BCUT2D eigenvalue weighted by atomic mass is 9.95. The first-order chi connectivity index (χ1) is 9.58. The van der Waals surface area contributed by atoms with Crippen molar-refractivity contribution in [2.45, 2.75) is 39.0 Å². The topological polar surface area (TPSA) is 93.5 Å². The quantitative estimate of drug-likeness (QED) is 0.376. The first kappa shape index (κ1) is 16.1. The van der Waals surface area contributed by atoms with Gasteiger partial charge in [-0.2, -0.15) is 0 Å². The number of primary amides is 1. The molecule has 0 saturated heterocycles. The average Bonchev–Trinajstić information content (AvgIpc) is 2.79. The van der Waals surface area contributed by atoms with Crippen LogP contribution in [-0.4, -0.2) is 19.1 Å². The maximum atomic E-state index is 11.4. The third kappa shape index (κ3) is 4.95. The summed E-state index contributed by atoms with van der Waals surface area (Å²) in [5, 5.41) is 0. The Morgan fingerprint density at radius 2 is 2.20 bits per heavy atom. The fraction of sp³-hybridized carbons (Fsp3) is 0.571. The predicted molar refractivity (Wildman–Crippen MR) is 76.3 cm³/mol. The number of allylic oxidation sites excluding steroid dienone is 4. The molecule has 0 aromatic heterocycles. The van der Waals surface area contributed by atoms with Crippen molar-refractivity contribution in [2.24, 2.45) is 11.7 Å². The largest absolute Gasteiger partial charge is 0.469 e. The molecular formula is C14H23N3O3. The van der Waals surface area contributed by atoms with Crippen LogP contribution < -0.4 is 16.6 Å². The summed E-state index contributed by atoms with van der Waals surface area (Å²) in [7, 11) is 1.39. The summed E-state index contributed by atoms with van der Waals surface area (Å²) >= 11 is 0. The van der Waals surface area contributed by atoms with Gasteiger partial charge < -0.3 is 15.9 Å². The van der Waals surface area contributed by atoms with Crippen molar-refractivity contribution in [2.75, 3.05) is 7.11 Å². The Morgan fingerprint density at radius 1 is 1.45 bits per heavy atom. The predicted octanol–water partition coefficient (Wildman–Crippen LogP) is 1.74. The molecular weight excluding hydrogens is 258 g/mol. The number of methoxy groups -OCH3 is 1. The highest BCUT2D eigenvalue weighted by atomic mass is 16.5. The first-order valence-corrected chi connectivity index (χ1v) is 6.83. The normalized spacial score (nSPS) is 18.4. The molecule has 2 amide bonds. The molecule has 0 aromatic carbocycles. The molecule has 6 nitrogen and oxygen atoms in total. The van der Waals surface area contributed by atoms with E-state index in [0.29, 0.717) is 6.42 Å². The minimum absolute atomic E-state index is 0.154. The van der Waals surface area contributed by atoms with E-state index in [1.807, 2.05) is 0 Å². The lowest BCUT2D eigenvalue weighted by Gasteiger charge is -2.14. The van der Waals surface area contributed by atoms with Gasteiger partial charge in [-0.15, -0.1) is 0 Å². The summed E-state index contributed by atoms with van der Waals surface area (Å²) in [6, 6.07) is -0.627. The minimum Gasteiger partial charge on any atom is -0.469 e. The number of hydrogen-bond acceptors (Lipinski definition) is 4. The van der Waals surface area contributed by atoms with Crippen LogP contribution in [0, 0.1) is 5.92 Å². The Balaban J connectivity index is 2.76. The average molecular weight is 281 g/mol. The second-order valence-corrected chi connectivity index (χ2v) is 4.72. The number of esters is 1. The molecule has 0 aliphatic heterocycles. The van der Waals surface area contributed by atoms with Crippen molar-refractivity contribution in [1.82, 2.24) is 10.9 Å². The lowest BCUT2D eigenvalue weighted by Crippen LogP contribution is -2.40. The lowest BCUT2D eigenvalue weighted by molar-refractivity contribution is -0.141. The van der Waals surface area contributed by atoms with Crippen LogP contribution in [0.15, 0.2) is 23.4 Å². The van der Waals surface area contributed by atoms with Gasteiger partial charge in [-0.05, 0) is 37.2 Å². The van der Waals surface area contributed by atoms with Crippen LogP contribution >= 0.6 is 0 Å². The van der Waals surface area contributed by atoms with E-state index in [-0.39, 0.29) is 11.9 Å². The maximum Gasteiger partial charge on any atom is 0.330 e. The number of hydrazine groups is 1. The zero-order chi connectivity index (χ0) is 15.0. The summed E-state index contributed by atoms with van der Waals surface area (Å²) in [6.45, 7) is 2.07. The van der Waals surface area contributed by atoms with E-state index in [4.69, 9.17) is 10.5 Å². The van der Waals surface area contributed by atoms with E-state index in [9.17, 15) is 9.59 Å². The summed E-state index contributed by atoms with van der Waals surface area (Å²) < 4.78 is 4.73. The fourth-order valence-corrected chi connectivity index (χ4v) is 2.36. The Kier molecular flexibility index (Phi) is 6.63. The molecule has 1 unspecified atom stereocenters. The van der Waals surface area contributed by atoms with E-state index >= 15 is 0 Å². The van der Waals surface area contributed by atoms with Crippen molar-refractivity contribution in [3.63, 3.8) is 0 Å². The molecule has 6 heteroatoms. The van der Waals surface area contributed by atoms with Crippen LogP contribution in [0.2, 0.25) is 0 Å². The Hall–Kier alpha value is -1.98. The Morgan fingerprint density at radius 3 is 2.80 bits per heavy atom. The maximum absolute atomic E-state index is 11.4. The van der Waals surface area contributed by atoms with Crippen molar-refractivity contribution >= 4 is 12.0 Å². The molecule has 0 saturated carbocycles. The zero-order valence-electron chi connectivity index (χ0n) is 12.1. The highest BCUT2D eigenvalue weighted by molar-refractivity contribution is 5.71. The number of hydrogen-bond donors (Lipinski definition) is 3. The van der Waals surface area contributed by atoms with Crippen LogP contribution in [0.4, 0.5) is 4.79 Å². The van der Waals surface area contributed by atoms with E-state index in [2.05, 4.69) is 29.9 Å². The van der Waals surface area contributed by atoms with Crippen molar-refractivity contribution in [3.8, 4) is 0 Å². The molecule has 0 heterocycles. The number of amides is 2. The summed E-state index contributed by atoms with van der Waals surface area (Å²) in [5.74, 6) is -0.0581. The van der Waals surface area contributed by atoms with Crippen molar-refractivity contribution in [3.05, 3.63) is 23.4 Å². The molecule has 0 bridgehead atoms. The van der Waals surface area contributed by atoms with Gasteiger partial charge in [0.1, 0.15) is 0 Å². The van der Waals surface area contributed by atoms with Gasteiger partial charge in [-0.3, -0.25) is 10.2 Å². The van der Waals surface area contributed by atoms with Crippen LogP contribution in [0.1, 0.15) is 39.0 Å². The van der Waals surface area contributed by atoms with Gasteiger partial charge in [0.15, 0.2) is 0 Å². The second kappa shape index (κ2) is 8.24. The van der Waals surface area contributed by atoms with Gasteiger partial charge in [0.2, 0.25) is 0 Å². The minimum atomic E-state index is -0.627. The number of nitrogens with one attached hydrogen (secondary N) is 2. The number of nitrogens with two attached hydrogens (primary N) is 1. The molecule has 1 aliphatic carbocycles. The molecule has 4 N–H and O–H groups in total. The Labute approximate surface area is 119 Å². The second-order valence-electron chi connectivity index (χ2n) is 4.72. The molecule has 1 rings (SSSR count). The highest BCUT2D eigenvalue weighted by Gasteiger charge is 2.27. The van der Waals surface area contributed by atoms with E-state index in [0.717, 1.165) is 37.0 Å². The van der Waals surface area contributed by atoms with Crippen molar-refractivity contribution < 1.29 is 14.3 Å². The van der Waals surface area contributed by atoms with Gasteiger partial charge in [0.25, 0.3) is 0 Å². The van der Waals surface area contributed by atoms with E-state index < -0.39 is 6.03 Å². The monoisotopic (exact) mass is 281 g/mol. The van der Waals surface area contributed by atoms with Gasteiger partial charge >= 0.3 is 12.0 Å². The summed E-state index contributed by atoms with van der Waals surface area (Å²) in [5.41, 5.74) is 12.4. The molecule has 0 spiro atoms. The highest BCUT2D eigenvalue weighted by Crippen LogP contribution is 2.35. The van der Waals surface area contributed by atoms with Gasteiger partial charge in [-0.1, -0.05) is 19.1 Å². The number of urea groups is 1. The third-order valence-electron chi connectivity index (χ3n) is 3.34. The molecule has 0 radical (unpaired) electrons. The molecule has 112 valence electrons. The number of rotatable bonds is 7. The van der Waals surface area contributed by atoms with Crippen LogP contribution in [0.3, 0.4) is 0 Å². The standard InChI is InChI=1S/C14H23N3O3/c1-3-4-5-6-11-10(9-13(18)20-2)7-8-12(11)16-17-14(15)19/h4-5,10,16H,3,6-9H2,1-2H3,(H3,15,17,19). The SMILES string of the molecule is CCC=CCC1=C(NNC(N)=O)CCC1CC(=O)OC. The van der Waals surface area contributed by atoms with Crippen LogP contribution in [0.5, 0.6) is 0 Å². The molecule has 0 aromatic rings. The molecule has 1 aliphatic rings. The number of carbonyl (C=O) groups excluding carboxylic acids is 2. The molecule has 20 heavy (non-hydrogen) atoms. The molecule has 0 fully saturated rings. The smallest absolute Gasteiger partial charge is 0.330 e. The van der Waals surface area contributed by atoms with Crippen LogP contribution in [0.25, 0.3) is 0 Å². The number of carbonyl (C=O) groups is 2. The summed E-state index contributed by atoms with van der Waals surface area (Å²) in [4.78, 5) is 22.2. The van der Waals surface area contributed by atoms with Gasteiger partial charge in [-0.25, -0.2) is 4.79 Å².